The van der Waals surface area contributed by atoms with Crippen molar-refractivity contribution in [3.8, 4) is 0 Å². The highest BCUT2D eigenvalue weighted by atomic mass is 16.2. The van der Waals surface area contributed by atoms with Crippen molar-refractivity contribution in [2.45, 2.75) is 33.7 Å². The van der Waals surface area contributed by atoms with Crippen LogP contribution >= 0.6 is 0 Å². The van der Waals surface area contributed by atoms with Gasteiger partial charge in [-0.25, -0.2) is 0 Å². The molecule has 0 spiro atoms. The van der Waals surface area contributed by atoms with Crippen LogP contribution in [0.5, 0.6) is 0 Å². The maximum atomic E-state index is 12.2. The third-order valence-electron chi connectivity index (χ3n) is 2.60. The Bertz CT molecular complexity index is 332. The zero-order chi connectivity index (χ0) is 14.1. The van der Waals surface area contributed by atoms with Crippen molar-refractivity contribution in [2.75, 3.05) is 19.6 Å². The molecule has 0 unspecified atom stereocenters. The fourth-order valence-corrected chi connectivity index (χ4v) is 1.56. The van der Waals surface area contributed by atoms with E-state index in [0.29, 0.717) is 13.1 Å². The molecule has 1 N–H and O–H groups in total. The first-order valence-electron chi connectivity index (χ1n) is 6.06. The number of carbonyl (C=O) groups excluding carboxylic acids is 2. The van der Waals surface area contributed by atoms with Crippen LogP contribution in [-0.2, 0) is 9.59 Å². The summed E-state index contributed by atoms with van der Waals surface area (Å²) in [5.41, 5.74) is 8.14. The second-order valence-electron chi connectivity index (χ2n) is 4.19. The van der Waals surface area contributed by atoms with Gasteiger partial charge in [-0.1, -0.05) is 19.0 Å². The van der Waals surface area contributed by atoms with Crippen LogP contribution < -0.4 is 5.32 Å². The maximum absolute atomic E-state index is 12.2. The molecule has 0 aliphatic heterocycles. The molecule has 0 heterocycles. The largest absolute Gasteiger partial charge is 0.344 e. The van der Waals surface area contributed by atoms with Gasteiger partial charge in [0.2, 0.25) is 11.8 Å². The Balaban J connectivity index is 4.70. The van der Waals surface area contributed by atoms with E-state index in [1.54, 1.807) is 4.90 Å². The number of rotatable bonds is 7. The number of azide groups is 1. The van der Waals surface area contributed by atoms with Crippen molar-refractivity contribution in [3.63, 3.8) is 0 Å². The number of amides is 2. The average molecular weight is 255 g/mol. The number of nitrogens with one attached hydrogen (secondary N) is 1. The fraction of sp³-hybridized carbons (Fsp3) is 0.818. The van der Waals surface area contributed by atoms with Gasteiger partial charge in [-0.2, -0.15) is 0 Å². The first-order valence-corrected chi connectivity index (χ1v) is 6.06. The Hall–Kier alpha value is -1.75. The molecule has 0 aromatic rings. The molecule has 102 valence electrons. The molecule has 0 aromatic heterocycles. The standard InChI is InChI=1S/C11H21N5O2/c1-5-16(6-2)11(18)10(8(3)4)14-9(17)7-13-15-12/h8,10H,5-7H2,1-4H3,(H,14,17)/t10-/m0/s1. The molecule has 18 heavy (non-hydrogen) atoms. The summed E-state index contributed by atoms with van der Waals surface area (Å²) in [4.78, 5) is 27.8. The summed E-state index contributed by atoms with van der Waals surface area (Å²) in [5.74, 6) is -0.565. The van der Waals surface area contributed by atoms with E-state index in [-0.39, 0.29) is 18.4 Å². The first kappa shape index (κ1) is 16.2. The van der Waals surface area contributed by atoms with Crippen LogP contribution in [0.4, 0.5) is 0 Å². The maximum Gasteiger partial charge on any atom is 0.245 e. The SMILES string of the molecule is CCN(CC)C(=O)[C@@H](NC(=O)CN=[N+]=[N-])C(C)C. The lowest BCUT2D eigenvalue weighted by Gasteiger charge is -2.28. The quantitative estimate of drug-likeness (QED) is 0.421. The van der Waals surface area contributed by atoms with Crippen LogP contribution in [0.25, 0.3) is 10.4 Å². The van der Waals surface area contributed by atoms with Gasteiger partial charge in [-0.15, -0.1) is 0 Å². The van der Waals surface area contributed by atoms with E-state index in [1.807, 2.05) is 27.7 Å². The van der Waals surface area contributed by atoms with Crippen molar-refractivity contribution in [2.24, 2.45) is 11.0 Å². The zero-order valence-corrected chi connectivity index (χ0v) is 11.4. The van der Waals surface area contributed by atoms with Gasteiger partial charge in [0, 0.05) is 18.0 Å². The first-order chi connectivity index (χ1) is 8.47. The summed E-state index contributed by atoms with van der Waals surface area (Å²) >= 11 is 0. The summed E-state index contributed by atoms with van der Waals surface area (Å²) in [6, 6.07) is -0.578. The third kappa shape index (κ3) is 5.05. The molecule has 1 atom stereocenters. The smallest absolute Gasteiger partial charge is 0.245 e. The predicted molar refractivity (Wildman–Crippen MR) is 68.7 cm³/mol. The van der Waals surface area contributed by atoms with Gasteiger partial charge < -0.3 is 10.2 Å². The Labute approximate surface area is 107 Å². The van der Waals surface area contributed by atoms with Gasteiger partial charge in [0.15, 0.2) is 0 Å². The number of likely N-dealkylation sites (N-methyl/N-ethyl adjacent to an activating group) is 1. The van der Waals surface area contributed by atoms with Crippen LogP contribution in [0.15, 0.2) is 5.11 Å². The summed E-state index contributed by atoms with van der Waals surface area (Å²) in [7, 11) is 0. The predicted octanol–water partition coefficient (Wildman–Crippen LogP) is 1.31. The highest BCUT2D eigenvalue weighted by Crippen LogP contribution is 2.06. The number of nitrogens with zero attached hydrogens (tertiary/aromatic N) is 4. The Morgan fingerprint density at radius 1 is 1.33 bits per heavy atom. The lowest BCUT2D eigenvalue weighted by Crippen LogP contribution is -2.51. The average Bonchev–Trinajstić information content (AvgIpc) is 2.34. The molecule has 0 rings (SSSR count). The molecule has 0 saturated carbocycles. The molecule has 0 saturated heterocycles. The van der Waals surface area contributed by atoms with E-state index < -0.39 is 11.9 Å². The van der Waals surface area contributed by atoms with Gasteiger partial charge in [0.05, 0.1) is 0 Å². The minimum atomic E-state index is -0.578. The van der Waals surface area contributed by atoms with E-state index in [4.69, 9.17) is 5.53 Å². The third-order valence-corrected chi connectivity index (χ3v) is 2.60. The molecule has 0 aliphatic carbocycles. The zero-order valence-electron chi connectivity index (χ0n) is 11.4. The van der Waals surface area contributed by atoms with Gasteiger partial charge >= 0.3 is 0 Å². The highest BCUT2D eigenvalue weighted by Gasteiger charge is 2.26. The normalized spacial score (nSPS) is 11.6. The molecule has 0 aliphatic rings. The molecule has 0 radical (unpaired) electrons. The van der Waals surface area contributed by atoms with Gasteiger partial charge in [-0.3, -0.25) is 9.59 Å². The van der Waals surface area contributed by atoms with Gasteiger partial charge in [-0.05, 0) is 25.3 Å². The molecule has 7 nitrogen and oxygen atoms in total. The Kier molecular flexibility index (Phi) is 7.54. The molecule has 2 amide bonds. The van der Waals surface area contributed by atoms with Crippen molar-refractivity contribution in [1.29, 1.82) is 0 Å². The monoisotopic (exact) mass is 255 g/mol. The summed E-state index contributed by atoms with van der Waals surface area (Å²) in [6.45, 7) is 8.42. The van der Waals surface area contributed by atoms with E-state index in [9.17, 15) is 9.59 Å². The van der Waals surface area contributed by atoms with E-state index in [2.05, 4.69) is 15.3 Å². The number of carbonyl (C=O) groups is 2. The van der Waals surface area contributed by atoms with Crippen LogP contribution in [0, 0.1) is 5.92 Å². The second kappa shape index (κ2) is 8.36. The van der Waals surface area contributed by atoms with Crippen molar-refractivity contribution < 1.29 is 9.59 Å². The lowest BCUT2D eigenvalue weighted by molar-refractivity contribution is -0.137. The molecule has 7 heteroatoms. The fourth-order valence-electron chi connectivity index (χ4n) is 1.56. The van der Waals surface area contributed by atoms with E-state index in [1.165, 1.54) is 0 Å². The Morgan fingerprint density at radius 3 is 2.28 bits per heavy atom. The van der Waals surface area contributed by atoms with Gasteiger partial charge in [0.25, 0.3) is 0 Å². The molecule has 0 fully saturated rings. The number of hydrogen-bond acceptors (Lipinski definition) is 3. The van der Waals surface area contributed by atoms with Crippen LogP contribution in [-0.4, -0.2) is 42.4 Å². The molecular formula is C11H21N5O2. The Morgan fingerprint density at radius 2 is 1.89 bits per heavy atom. The molecule has 0 bridgehead atoms. The van der Waals surface area contributed by atoms with Crippen molar-refractivity contribution in [1.82, 2.24) is 10.2 Å². The van der Waals surface area contributed by atoms with Crippen LogP contribution in [0.2, 0.25) is 0 Å². The van der Waals surface area contributed by atoms with Crippen molar-refractivity contribution in [3.05, 3.63) is 10.4 Å². The van der Waals surface area contributed by atoms with E-state index in [0.717, 1.165) is 0 Å². The number of hydrogen-bond donors (Lipinski definition) is 1. The molecular weight excluding hydrogens is 234 g/mol. The van der Waals surface area contributed by atoms with Crippen molar-refractivity contribution >= 4 is 11.8 Å². The van der Waals surface area contributed by atoms with Gasteiger partial charge in [0.1, 0.15) is 12.6 Å². The summed E-state index contributed by atoms with van der Waals surface area (Å²) < 4.78 is 0. The molecule has 0 aromatic carbocycles. The summed E-state index contributed by atoms with van der Waals surface area (Å²) in [6.07, 6.45) is 0. The topological polar surface area (TPSA) is 98.2 Å². The second-order valence-corrected chi connectivity index (χ2v) is 4.19. The van der Waals surface area contributed by atoms with Crippen LogP contribution in [0.1, 0.15) is 27.7 Å². The van der Waals surface area contributed by atoms with Crippen LogP contribution in [0.3, 0.4) is 0 Å². The van der Waals surface area contributed by atoms with E-state index >= 15 is 0 Å². The summed E-state index contributed by atoms with van der Waals surface area (Å²) in [5, 5.41) is 5.78. The minimum Gasteiger partial charge on any atom is -0.344 e. The lowest BCUT2D eigenvalue weighted by atomic mass is 10.0. The minimum absolute atomic E-state index is 0.0203. The highest BCUT2D eigenvalue weighted by molar-refractivity contribution is 5.88.